The molecule has 0 N–H and O–H groups in total. The van der Waals surface area contributed by atoms with Crippen LogP contribution in [0.5, 0.6) is 11.5 Å². The van der Waals surface area contributed by atoms with Crippen molar-refractivity contribution in [3.63, 3.8) is 0 Å². The van der Waals surface area contributed by atoms with Crippen molar-refractivity contribution in [1.82, 2.24) is 0 Å². The van der Waals surface area contributed by atoms with E-state index >= 15 is 0 Å². The molecule has 0 radical (unpaired) electrons. The molecule has 2 aromatic rings. The standard InChI is InChI=1S/C27H32O4/c1-14-7-11-22(18(5)16(14)3)30-26(28)24-20-9-10-21(13-20)25(24)27(29)31-23-12-8-15(2)17(4)19(23)6/h7-8,11-12,20-21,24-25H,9-10,13H2,1-6H3. The number of fused-ring (bicyclic) bond motifs is 2. The number of esters is 2. The molecule has 2 aliphatic carbocycles. The zero-order chi connectivity index (χ0) is 22.4. The van der Waals surface area contributed by atoms with Crippen molar-refractivity contribution in [3.8, 4) is 11.5 Å². The van der Waals surface area contributed by atoms with Gasteiger partial charge < -0.3 is 9.47 Å². The Kier molecular flexibility index (Phi) is 5.67. The fourth-order valence-electron chi connectivity index (χ4n) is 5.41. The summed E-state index contributed by atoms with van der Waals surface area (Å²) in [4.78, 5) is 26.5. The largest absolute Gasteiger partial charge is 0.426 e. The van der Waals surface area contributed by atoms with Crippen LogP contribution >= 0.6 is 0 Å². The number of carbonyl (C=O) groups excluding carboxylic acids is 2. The molecule has 2 aromatic carbocycles. The van der Waals surface area contributed by atoms with Crippen molar-refractivity contribution >= 4 is 11.9 Å². The SMILES string of the molecule is Cc1ccc(OC(=O)C2C3CCC(C3)C2C(=O)Oc2ccc(C)c(C)c2C)c(C)c1C. The van der Waals surface area contributed by atoms with Crippen molar-refractivity contribution in [2.24, 2.45) is 23.7 Å². The molecule has 4 rings (SSSR count). The molecule has 4 unspecified atom stereocenters. The van der Waals surface area contributed by atoms with Crippen molar-refractivity contribution in [1.29, 1.82) is 0 Å². The Morgan fingerprint density at radius 2 is 1.03 bits per heavy atom. The van der Waals surface area contributed by atoms with E-state index in [1.165, 1.54) is 11.1 Å². The lowest BCUT2D eigenvalue weighted by atomic mass is 9.79. The van der Waals surface area contributed by atoms with Crippen LogP contribution in [-0.4, -0.2) is 11.9 Å². The minimum Gasteiger partial charge on any atom is -0.426 e. The summed E-state index contributed by atoms with van der Waals surface area (Å²) in [5, 5.41) is 0. The number of ether oxygens (including phenoxy) is 2. The first-order valence-electron chi connectivity index (χ1n) is 11.3. The van der Waals surface area contributed by atoms with Gasteiger partial charge in [0.25, 0.3) is 0 Å². The summed E-state index contributed by atoms with van der Waals surface area (Å²) in [6, 6.07) is 7.66. The predicted molar refractivity (Wildman–Crippen MR) is 120 cm³/mol. The van der Waals surface area contributed by atoms with Gasteiger partial charge in [-0.1, -0.05) is 12.1 Å². The van der Waals surface area contributed by atoms with Gasteiger partial charge in [0.1, 0.15) is 11.5 Å². The van der Waals surface area contributed by atoms with Gasteiger partial charge in [0.15, 0.2) is 0 Å². The van der Waals surface area contributed by atoms with Crippen LogP contribution in [0.15, 0.2) is 24.3 Å². The number of rotatable bonds is 4. The molecule has 2 saturated carbocycles. The summed E-state index contributed by atoms with van der Waals surface area (Å²) >= 11 is 0. The van der Waals surface area contributed by atoms with Gasteiger partial charge in [-0.15, -0.1) is 0 Å². The van der Waals surface area contributed by atoms with Gasteiger partial charge in [-0.25, -0.2) is 0 Å². The maximum absolute atomic E-state index is 13.3. The molecule has 0 heterocycles. The van der Waals surface area contributed by atoms with E-state index in [0.29, 0.717) is 11.5 Å². The Balaban J connectivity index is 1.56. The number of aryl methyl sites for hydroxylation is 2. The van der Waals surface area contributed by atoms with E-state index in [9.17, 15) is 9.59 Å². The molecule has 4 nitrogen and oxygen atoms in total. The third-order valence-electron chi connectivity index (χ3n) is 7.90. The lowest BCUT2D eigenvalue weighted by molar-refractivity contribution is -0.153. The quantitative estimate of drug-likeness (QED) is 0.470. The lowest BCUT2D eigenvalue weighted by Gasteiger charge is -2.28. The first-order chi connectivity index (χ1) is 14.7. The van der Waals surface area contributed by atoms with Gasteiger partial charge in [-0.3, -0.25) is 9.59 Å². The minimum atomic E-state index is -0.431. The molecule has 0 saturated heterocycles. The maximum Gasteiger partial charge on any atom is 0.315 e. The number of hydrogen-bond donors (Lipinski definition) is 0. The highest BCUT2D eigenvalue weighted by atomic mass is 16.5. The molecule has 2 fully saturated rings. The van der Waals surface area contributed by atoms with Crippen LogP contribution in [0.1, 0.15) is 52.6 Å². The fraction of sp³-hybridized carbons (Fsp3) is 0.481. The summed E-state index contributed by atoms with van der Waals surface area (Å²) in [6.07, 6.45) is 2.85. The topological polar surface area (TPSA) is 52.6 Å². The van der Waals surface area contributed by atoms with E-state index in [2.05, 4.69) is 0 Å². The van der Waals surface area contributed by atoms with Crippen molar-refractivity contribution in [2.45, 2.75) is 60.8 Å². The predicted octanol–water partition coefficient (Wildman–Crippen LogP) is 5.71. The summed E-state index contributed by atoms with van der Waals surface area (Å²) in [5.74, 6) is 0.124. The van der Waals surface area contributed by atoms with E-state index in [1.54, 1.807) is 0 Å². The van der Waals surface area contributed by atoms with E-state index in [4.69, 9.17) is 9.47 Å². The molecule has 2 aliphatic rings. The Morgan fingerprint density at radius 1 is 0.645 bits per heavy atom. The Morgan fingerprint density at radius 3 is 1.42 bits per heavy atom. The lowest BCUT2D eigenvalue weighted by Crippen LogP contribution is -2.39. The van der Waals surface area contributed by atoms with E-state index in [0.717, 1.165) is 41.5 Å². The molecule has 31 heavy (non-hydrogen) atoms. The molecule has 0 spiro atoms. The molecule has 4 heteroatoms. The van der Waals surface area contributed by atoms with E-state index in [1.807, 2.05) is 65.8 Å². The summed E-state index contributed by atoms with van der Waals surface area (Å²) < 4.78 is 11.7. The Bertz CT molecular complexity index is 968. The van der Waals surface area contributed by atoms with Crippen molar-refractivity contribution < 1.29 is 19.1 Å². The third-order valence-corrected chi connectivity index (χ3v) is 7.90. The van der Waals surface area contributed by atoms with Crippen LogP contribution < -0.4 is 9.47 Å². The number of hydrogen-bond acceptors (Lipinski definition) is 4. The minimum absolute atomic E-state index is 0.197. The normalized spacial score (nSPS) is 24.3. The smallest absolute Gasteiger partial charge is 0.315 e. The zero-order valence-electron chi connectivity index (χ0n) is 19.4. The zero-order valence-corrected chi connectivity index (χ0v) is 19.4. The first kappa shape index (κ1) is 21.6. The van der Waals surface area contributed by atoms with Crippen molar-refractivity contribution in [3.05, 3.63) is 57.6 Å². The monoisotopic (exact) mass is 420 g/mol. The second kappa shape index (κ2) is 8.14. The second-order valence-corrected chi connectivity index (χ2v) is 9.49. The number of carbonyl (C=O) groups is 2. The molecule has 0 aliphatic heterocycles. The molecular weight excluding hydrogens is 388 g/mol. The average Bonchev–Trinajstić information content (AvgIpc) is 3.36. The van der Waals surface area contributed by atoms with Gasteiger partial charge in [0, 0.05) is 0 Å². The first-order valence-corrected chi connectivity index (χ1v) is 11.3. The van der Waals surface area contributed by atoms with E-state index < -0.39 is 11.8 Å². The Labute approximate surface area is 185 Å². The molecule has 2 bridgehead atoms. The Hall–Kier alpha value is -2.62. The van der Waals surface area contributed by atoms with Gasteiger partial charge in [-0.05, 0) is 118 Å². The number of benzene rings is 2. The van der Waals surface area contributed by atoms with Gasteiger partial charge >= 0.3 is 11.9 Å². The summed E-state index contributed by atoms with van der Waals surface area (Å²) in [5.41, 5.74) is 6.53. The van der Waals surface area contributed by atoms with E-state index in [-0.39, 0.29) is 23.8 Å². The second-order valence-electron chi connectivity index (χ2n) is 9.49. The van der Waals surface area contributed by atoms with Crippen LogP contribution in [0.25, 0.3) is 0 Å². The van der Waals surface area contributed by atoms with Gasteiger partial charge in [0.05, 0.1) is 11.8 Å². The van der Waals surface area contributed by atoms with Crippen LogP contribution in [0.2, 0.25) is 0 Å². The van der Waals surface area contributed by atoms with Gasteiger partial charge in [0.2, 0.25) is 0 Å². The molecule has 0 amide bonds. The van der Waals surface area contributed by atoms with Crippen LogP contribution in [-0.2, 0) is 9.59 Å². The third kappa shape index (κ3) is 3.77. The molecular formula is C27H32O4. The molecule has 4 atom stereocenters. The average molecular weight is 421 g/mol. The fourth-order valence-corrected chi connectivity index (χ4v) is 5.41. The highest BCUT2D eigenvalue weighted by molar-refractivity contribution is 5.86. The highest BCUT2D eigenvalue weighted by Gasteiger charge is 2.55. The van der Waals surface area contributed by atoms with Crippen LogP contribution in [0, 0.1) is 65.2 Å². The maximum atomic E-state index is 13.3. The molecule has 0 aromatic heterocycles. The molecule has 164 valence electrons. The van der Waals surface area contributed by atoms with Crippen LogP contribution in [0.4, 0.5) is 0 Å². The summed E-state index contributed by atoms with van der Waals surface area (Å²) in [7, 11) is 0. The van der Waals surface area contributed by atoms with Crippen LogP contribution in [0.3, 0.4) is 0 Å². The van der Waals surface area contributed by atoms with Crippen molar-refractivity contribution in [2.75, 3.05) is 0 Å². The summed E-state index contributed by atoms with van der Waals surface area (Å²) in [6.45, 7) is 12.1. The van der Waals surface area contributed by atoms with Gasteiger partial charge in [-0.2, -0.15) is 0 Å². The highest BCUT2D eigenvalue weighted by Crippen LogP contribution is 2.53.